The minimum atomic E-state index is -0.712. The van der Waals surface area contributed by atoms with Crippen LogP contribution in [-0.2, 0) is 21.5 Å². The van der Waals surface area contributed by atoms with Gasteiger partial charge in [-0.05, 0) is 18.9 Å². The van der Waals surface area contributed by atoms with E-state index >= 15 is 0 Å². The summed E-state index contributed by atoms with van der Waals surface area (Å²) in [6.07, 6.45) is 2.24. The molecule has 0 bridgehead atoms. The number of rotatable bonds is 6. The van der Waals surface area contributed by atoms with E-state index in [2.05, 4.69) is 0 Å². The van der Waals surface area contributed by atoms with Crippen molar-refractivity contribution in [2.24, 2.45) is 5.92 Å². The first-order chi connectivity index (χ1) is 11.7. The first-order valence-corrected chi connectivity index (χ1v) is 8.22. The van der Waals surface area contributed by atoms with Crippen molar-refractivity contribution in [1.82, 2.24) is 0 Å². The van der Waals surface area contributed by atoms with Gasteiger partial charge in [-0.1, -0.05) is 60.7 Å². The second-order valence-electron chi connectivity index (χ2n) is 6.08. The molecule has 0 spiro atoms. The van der Waals surface area contributed by atoms with Crippen molar-refractivity contribution in [3.63, 3.8) is 0 Å². The number of esters is 1. The van der Waals surface area contributed by atoms with Crippen molar-refractivity contribution in [3.8, 4) is 0 Å². The molecule has 1 saturated carbocycles. The predicted molar refractivity (Wildman–Crippen MR) is 92.7 cm³/mol. The maximum absolute atomic E-state index is 12.5. The van der Waals surface area contributed by atoms with Gasteiger partial charge in [0.25, 0.3) is 0 Å². The van der Waals surface area contributed by atoms with Gasteiger partial charge in [-0.25, -0.2) is 4.74 Å². The van der Waals surface area contributed by atoms with Crippen LogP contribution in [0.5, 0.6) is 0 Å². The number of hydrogen-bond acceptors (Lipinski definition) is 3. The standard InChI is InChI=1S/C20H21NO3/c1-2-24-19(22)20(17-11-7-4-8-12-17)13-18(20)15-21(23)14-16-9-5-3-6-10-16/h3-12,15,18H,2,13-14H2,1H3/b21-15-/t18-,20+/m0/s1. The lowest BCUT2D eigenvalue weighted by Gasteiger charge is -2.15. The van der Waals surface area contributed by atoms with Crippen molar-refractivity contribution < 1.29 is 14.3 Å². The third kappa shape index (κ3) is 3.18. The van der Waals surface area contributed by atoms with Gasteiger partial charge >= 0.3 is 5.97 Å². The van der Waals surface area contributed by atoms with Crippen LogP contribution in [0.1, 0.15) is 24.5 Å². The van der Waals surface area contributed by atoms with E-state index in [0.717, 1.165) is 15.9 Å². The van der Waals surface area contributed by atoms with Crippen LogP contribution in [0.25, 0.3) is 0 Å². The minimum Gasteiger partial charge on any atom is -0.624 e. The highest BCUT2D eigenvalue weighted by molar-refractivity contribution is 5.93. The third-order valence-electron chi connectivity index (χ3n) is 4.47. The van der Waals surface area contributed by atoms with Crippen LogP contribution in [0.2, 0.25) is 0 Å². The van der Waals surface area contributed by atoms with E-state index in [4.69, 9.17) is 4.74 Å². The van der Waals surface area contributed by atoms with Crippen molar-refractivity contribution in [3.05, 3.63) is 77.0 Å². The molecule has 1 aliphatic rings. The van der Waals surface area contributed by atoms with E-state index in [1.807, 2.05) is 60.7 Å². The molecule has 0 radical (unpaired) electrons. The van der Waals surface area contributed by atoms with Crippen LogP contribution in [-0.4, -0.2) is 23.5 Å². The highest BCUT2D eigenvalue weighted by Crippen LogP contribution is 2.54. The average Bonchev–Trinajstić information content (AvgIpc) is 3.31. The Balaban J connectivity index is 1.81. The Morgan fingerprint density at radius 2 is 1.83 bits per heavy atom. The largest absolute Gasteiger partial charge is 0.624 e. The molecule has 1 fully saturated rings. The molecule has 4 nitrogen and oxygen atoms in total. The van der Waals surface area contributed by atoms with Gasteiger partial charge in [0.2, 0.25) is 0 Å². The Morgan fingerprint density at radius 3 is 2.46 bits per heavy atom. The van der Waals surface area contributed by atoms with Crippen molar-refractivity contribution >= 4 is 12.2 Å². The van der Waals surface area contributed by atoms with E-state index in [-0.39, 0.29) is 18.4 Å². The van der Waals surface area contributed by atoms with Gasteiger partial charge in [0, 0.05) is 5.56 Å². The molecule has 3 rings (SSSR count). The van der Waals surface area contributed by atoms with E-state index in [1.165, 1.54) is 0 Å². The molecule has 0 aliphatic heterocycles. The Labute approximate surface area is 142 Å². The monoisotopic (exact) mass is 323 g/mol. The van der Waals surface area contributed by atoms with E-state index in [0.29, 0.717) is 13.0 Å². The molecule has 0 N–H and O–H groups in total. The predicted octanol–water partition coefficient (Wildman–Crippen LogP) is 3.29. The van der Waals surface area contributed by atoms with E-state index in [1.54, 1.807) is 13.1 Å². The first-order valence-electron chi connectivity index (χ1n) is 8.22. The second kappa shape index (κ2) is 6.87. The molecular formula is C20H21NO3. The Hall–Kier alpha value is -2.62. The minimum absolute atomic E-state index is 0.125. The van der Waals surface area contributed by atoms with Gasteiger partial charge in [-0.2, -0.15) is 0 Å². The highest BCUT2D eigenvalue weighted by atomic mass is 16.5. The molecule has 4 heteroatoms. The molecule has 24 heavy (non-hydrogen) atoms. The third-order valence-corrected chi connectivity index (χ3v) is 4.47. The number of hydroxylamine groups is 1. The summed E-state index contributed by atoms with van der Waals surface area (Å²) in [5.74, 6) is -0.370. The van der Waals surface area contributed by atoms with Crippen LogP contribution in [0.4, 0.5) is 0 Å². The van der Waals surface area contributed by atoms with Crippen LogP contribution in [0.3, 0.4) is 0 Å². The molecule has 2 atom stereocenters. The zero-order valence-electron chi connectivity index (χ0n) is 13.7. The Bertz CT molecular complexity index is 727. The fraction of sp³-hybridized carbons (Fsp3) is 0.300. The van der Waals surface area contributed by atoms with Gasteiger partial charge in [-0.15, -0.1) is 0 Å². The number of carbonyl (C=O) groups is 1. The lowest BCUT2D eigenvalue weighted by Crippen LogP contribution is -2.27. The van der Waals surface area contributed by atoms with Crippen LogP contribution in [0, 0.1) is 11.1 Å². The molecule has 2 aromatic carbocycles. The summed E-state index contributed by atoms with van der Waals surface area (Å²) in [6, 6.07) is 19.2. The van der Waals surface area contributed by atoms with E-state index < -0.39 is 5.41 Å². The van der Waals surface area contributed by atoms with Crippen molar-refractivity contribution in [1.29, 1.82) is 0 Å². The molecule has 0 unspecified atom stereocenters. The number of ether oxygens (including phenoxy) is 1. The van der Waals surface area contributed by atoms with Gasteiger partial charge in [0.05, 0.1) is 12.5 Å². The van der Waals surface area contributed by atoms with E-state index in [9.17, 15) is 10.0 Å². The quantitative estimate of drug-likeness (QED) is 0.269. The first kappa shape index (κ1) is 16.2. The normalized spacial score (nSPS) is 22.9. The summed E-state index contributed by atoms with van der Waals surface area (Å²) in [7, 11) is 0. The van der Waals surface area contributed by atoms with Crippen molar-refractivity contribution in [2.45, 2.75) is 25.3 Å². The zero-order chi connectivity index (χ0) is 17.0. The van der Waals surface area contributed by atoms with Crippen LogP contribution < -0.4 is 0 Å². The smallest absolute Gasteiger partial charge is 0.317 e. The summed E-state index contributed by atoms with van der Waals surface area (Å²) >= 11 is 0. The van der Waals surface area contributed by atoms with Crippen LogP contribution in [0.15, 0.2) is 60.7 Å². The molecule has 2 aromatic rings. The molecule has 0 saturated heterocycles. The number of hydrogen-bond donors (Lipinski definition) is 0. The maximum atomic E-state index is 12.5. The summed E-state index contributed by atoms with van der Waals surface area (Å²) < 4.78 is 6.19. The lowest BCUT2D eigenvalue weighted by atomic mass is 9.93. The molecule has 0 aromatic heterocycles. The topological polar surface area (TPSA) is 52.4 Å². The molecule has 0 amide bonds. The Morgan fingerprint density at radius 1 is 1.21 bits per heavy atom. The van der Waals surface area contributed by atoms with Gasteiger partial charge in [-0.3, -0.25) is 4.79 Å². The molecular weight excluding hydrogens is 302 g/mol. The fourth-order valence-corrected chi connectivity index (χ4v) is 3.16. The SMILES string of the molecule is CCOC(=O)[C@@]1(c2ccccc2)C[C@H]1/C=[N+](\[O-])Cc1ccccc1. The number of nitrogens with zero attached hydrogens (tertiary/aromatic N) is 1. The van der Waals surface area contributed by atoms with Crippen molar-refractivity contribution in [2.75, 3.05) is 6.61 Å². The van der Waals surface area contributed by atoms with Gasteiger partial charge in [0.15, 0.2) is 12.8 Å². The maximum Gasteiger partial charge on any atom is 0.317 e. The summed E-state index contributed by atoms with van der Waals surface area (Å²) in [5.41, 5.74) is 1.15. The molecule has 0 heterocycles. The molecule has 1 aliphatic carbocycles. The number of benzene rings is 2. The average molecular weight is 323 g/mol. The molecule has 124 valence electrons. The number of carbonyl (C=O) groups excluding carboxylic acids is 1. The Kier molecular flexibility index (Phi) is 4.65. The zero-order valence-corrected chi connectivity index (χ0v) is 13.7. The lowest BCUT2D eigenvalue weighted by molar-refractivity contribution is -0.471. The second-order valence-corrected chi connectivity index (χ2v) is 6.08. The summed E-state index contributed by atoms with van der Waals surface area (Å²) in [4.78, 5) is 12.5. The van der Waals surface area contributed by atoms with Crippen LogP contribution >= 0.6 is 0 Å². The van der Waals surface area contributed by atoms with Gasteiger partial charge in [0.1, 0.15) is 5.41 Å². The highest BCUT2D eigenvalue weighted by Gasteiger charge is 2.63. The summed E-state index contributed by atoms with van der Waals surface area (Å²) in [5, 5.41) is 12.3. The van der Waals surface area contributed by atoms with Gasteiger partial charge < -0.3 is 9.94 Å². The fourth-order valence-electron chi connectivity index (χ4n) is 3.16. The summed E-state index contributed by atoms with van der Waals surface area (Å²) in [6.45, 7) is 2.42.